The Balaban J connectivity index is 1.22. The predicted molar refractivity (Wildman–Crippen MR) is 134 cm³/mol. The normalized spacial score (nSPS) is 18.1. The van der Waals surface area contributed by atoms with Gasteiger partial charge in [-0.15, -0.1) is 11.3 Å². The zero-order valence-electron chi connectivity index (χ0n) is 19.2. The van der Waals surface area contributed by atoms with Crippen molar-refractivity contribution in [1.29, 1.82) is 0 Å². The van der Waals surface area contributed by atoms with Crippen LogP contribution < -0.4 is 15.5 Å². The summed E-state index contributed by atoms with van der Waals surface area (Å²) in [6, 6.07) is 12.1. The number of aromatic nitrogens is 2. The van der Waals surface area contributed by atoms with Gasteiger partial charge in [0.1, 0.15) is 5.82 Å². The molecule has 33 heavy (non-hydrogen) atoms. The van der Waals surface area contributed by atoms with E-state index in [1.165, 1.54) is 11.3 Å². The van der Waals surface area contributed by atoms with Crippen molar-refractivity contribution < 1.29 is 9.59 Å². The molecule has 1 aromatic carbocycles. The SMILES string of the molecule is CN(C)c1nc(N[C@H]2CC[C@@H](CNC(=O)CCC(=O)c3cccs3)CC2)nc2ccccc12. The molecule has 8 heteroatoms. The summed E-state index contributed by atoms with van der Waals surface area (Å²) in [6.45, 7) is 0.677. The van der Waals surface area contributed by atoms with Crippen LogP contribution in [0.15, 0.2) is 41.8 Å². The number of amides is 1. The molecule has 1 fully saturated rings. The molecule has 2 aromatic heterocycles. The molecule has 4 rings (SSSR count). The second kappa shape index (κ2) is 10.7. The largest absolute Gasteiger partial charge is 0.362 e. The highest BCUT2D eigenvalue weighted by molar-refractivity contribution is 7.12. The molecule has 1 amide bonds. The zero-order valence-corrected chi connectivity index (χ0v) is 20.0. The molecule has 0 radical (unpaired) electrons. The summed E-state index contributed by atoms with van der Waals surface area (Å²) in [7, 11) is 3.99. The number of nitrogens with one attached hydrogen (secondary N) is 2. The van der Waals surface area contributed by atoms with E-state index >= 15 is 0 Å². The van der Waals surface area contributed by atoms with Crippen LogP contribution >= 0.6 is 11.3 Å². The van der Waals surface area contributed by atoms with Crippen LogP contribution in [0.5, 0.6) is 0 Å². The van der Waals surface area contributed by atoms with Crippen molar-refractivity contribution >= 4 is 45.7 Å². The summed E-state index contributed by atoms with van der Waals surface area (Å²) in [5, 5.41) is 9.47. The standard InChI is InChI=1S/C25H31N5O2S/c1-30(2)24-19-6-3-4-7-20(19)28-25(29-24)27-18-11-9-17(10-12-18)16-26-23(32)14-13-21(31)22-8-5-15-33-22/h3-8,15,17-18H,9-14,16H2,1-2H3,(H,26,32)(H,27,28,29)/t17-,18+. The minimum absolute atomic E-state index is 0.0408. The Bertz CT molecular complexity index is 1090. The second-order valence-electron chi connectivity index (χ2n) is 8.85. The maximum absolute atomic E-state index is 12.2. The van der Waals surface area contributed by atoms with Crippen LogP contribution in [0, 0.1) is 5.92 Å². The number of rotatable bonds is 9. The lowest BCUT2D eigenvalue weighted by Gasteiger charge is -2.29. The Morgan fingerprint density at radius 2 is 1.82 bits per heavy atom. The summed E-state index contributed by atoms with van der Waals surface area (Å²) in [4.78, 5) is 36.4. The second-order valence-corrected chi connectivity index (χ2v) is 9.80. The van der Waals surface area contributed by atoms with E-state index in [2.05, 4.69) is 10.6 Å². The zero-order chi connectivity index (χ0) is 23.2. The lowest BCUT2D eigenvalue weighted by Crippen LogP contribution is -2.34. The fourth-order valence-electron chi connectivity index (χ4n) is 4.29. The highest BCUT2D eigenvalue weighted by Crippen LogP contribution is 2.28. The predicted octanol–water partition coefficient (Wildman–Crippen LogP) is 4.51. The van der Waals surface area contributed by atoms with Crippen LogP contribution in [-0.4, -0.2) is 48.3 Å². The molecular formula is C25H31N5O2S. The van der Waals surface area contributed by atoms with E-state index in [9.17, 15) is 9.59 Å². The molecule has 7 nitrogen and oxygen atoms in total. The van der Waals surface area contributed by atoms with Crippen molar-refractivity contribution in [3.05, 3.63) is 46.7 Å². The molecule has 0 spiro atoms. The summed E-state index contributed by atoms with van der Waals surface area (Å²) in [5.74, 6) is 2.05. The molecular weight excluding hydrogens is 434 g/mol. The molecule has 0 aliphatic heterocycles. The number of thiophene rings is 1. The maximum atomic E-state index is 12.2. The summed E-state index contributed by atoms with van der Waals surface area (Å²) < 4.78 is 0. The number of fused-ring (bicyclic) bond motifs is 1. The third kappa shape index (κ3) is 6.07. The van der Waals surface area contributed by atoms with Crippen molar-refractivity contribution in [2.75, 3.05) is 30.9 Å². The Kier molecular flexibility index (Phi) is 7.54. The first-order chi connectivity index (χ1) is 16.0. The highest BCUT2D eigenvalue weighted by atomic mass is 32.1. The molecule has 0 unspecified atom stereocenters. The van der Waals surface area contributed by atoms with Gasteiger partial charge in [0.2, 0.25) is 11.9 Å². The molecule has 1 aliphatic carbocycles. The van der Waals surface area contributed by atoms with Gasteiger partial charge in [0.25, 0.3) is 0 Å². The number of nitrogens with zero attached hydrogens (tertiary/aromatic N) is 3. The van der Waals surface area contributed by atoms with Gasteiger partial charge in [0.05, 0.1) is 10.4 Å². The number of benzene rings is 1. The smallest absolute Gasteiger partial charge is 0.225 e. The molecule has 1 aliphatic rings. The van der Waals surface area contributed by atoms with Crippen molar-refractivity contribution in [1.82, 2.24) is 15.3 Å². The third-order valence-electron chi connectivity index (χ3n) is 6.15. The molecule has 174 valence electrons. The Morgan fingerprint density at radius 3 is 2.55 bits per heavy atom. The van der Waals surface area contributed by atoms with E-state index in [1.807, 2.05) is 60.8 Å². The number of ketones is 1. The minimum atomic E-state index is -0.0408. The average molecular weight is 466 g/mol. The minimum Gasteiger partial charge on any atom is -0.362 e. The monoisotopic (exact) mass is 465 g/mol. The molecule has 1 saturated carbocycles. The van der Waals surface area contributed by atoms with E-state index in [0.717, 1.165) is 47.3 Å². The maximum Gasteiger partial charge on any atom is 0.225 e. The van der Waals surface area contributed by atoms with Gasteiger partial charge in [-0.3, -0.25) is 9.59 Å². The Hall–Kier alpha value is -3.00. The topological polar surface area (TPSA) is 87.2 Å². The lowest BCUT2D eigenvalue weighted by molar-refractivity contribution is -0.121. The van der Waals surface area contributed by atoms with Gasteiger partial charge in [0.15, 0.2) is 5.78 Å². The summed E-state index contributed by atoms with van der Waals surface area (Å²) in [5.41, 5.74) is 0.938. The fourth-order valence-corrected chi connectivity index (χ4v) is 4.99. The first kappa shape index (κ1) is 23.2. The van der Waals surface area contributed by atoms with Gasteiger partial charge in [-0.25, -0.2) is 4.98 Å². The van der Waals surface area contributed by atoms with Crippen molar-refractivity contribution in [3.63, 3.8) is 0 Å². The Morgan fingerprint density at radius 1 is 1.03 bits per heavy atom. The van der Waals surface area contributed by atoms with Gasteiger partial charge in [-0.1, -0.05) is 18.2 Å². The third-order valence-corrected chi connectivity index (χ3v) is 7.06. The van der Waals surface area contributed by atoms with Gasteiger partial charge in [-0.2, -0.15) is 4.98 Å². The van der Waals surface area contributed by atoms with E-state index in [0.29, 0.717) is 24.5 Å². The van der Waals surface area contributed by atoms with Crippen molar-refractivity contribution in [2.45, 2.75) is 44.6 Å². The van der Waals surface area contributed by atoms with E-state index < -0.39 is 0 Å². The van der Waals surface area contributed by atoms with E-state index in [1.54, 1.807) is 0 Å². The van der Waals surface area contributed by atoms with Crippen LogP contribution in [0.2, 0.25) is 0 Å². The van der Waals surface area contributed by atoms with Crippen LogP contribution in [0.1, 0.15) is 48.2 Å². The van der Waals surface area contributed by atoms with Crippen molar-refractivity contribution in [2.24, 2.45) is 5.92 Å². The highest BCUT2D eigenvalue weighted by Gasteiger charge is 2.23. The quantitative estimate of drug-likeness (QED) is 0.452. The number of carbonyl (C=O) groups excluding carboxylic acids is 2. The first-order valence-corrected chi connectivity index (χ1v) is 12.4. The van der Waals surface area contributed by atoms with E-state index in [-0.39, 0.29) is 24.5 Å². The van der Waals surface area contributed by atoms with Crippen LogP contribution in [0.25, 0.3) is 10.9 Å². The van der Waals surface area contributed by atoms with Crippen LogP contribution in [-0.2, 0) is 4.79 Å². The first-order valence-electron chi connectivity index (χ1n) is 11.5. The number of para-hydroxylation sites is 1. The van der Waals surface area contributed by atoms with Crippen molar-refractivity contribution in [3.8, 4) is 0 Å². The summed E-state index contributed by atoms with van der Waals surface area (Å²) >= 11 is 1.42. The number of carbonyl (C=O) groups is 2. The van der Waals surface area contributed by atoms with Crippen LogP contribution in [0.3, 0.4) is 0 Å². The number of hydrogen-bond donors (Lipinski definition) is 2. The molecule has 0 atom stereocenters. The number of Topliss-reactive ketones (excluding diaryl/α,β-unsaturated/α-hetero) is 1. The number of hydrogen-bond acceptors (Lipinski definition) is 7. The van der Waals surface area contributed by atoms with Gasteiger partial charge in [0, 0.05) is 44.9 Å². The molecule has 2 N–H and O–H groups in total. The van der Waals surface area contributed by atoms with Gasteiger partial charge < -0.3 is 15.5 Å². The molecule has 2 heterocycles. The summed E-state index contributed by atoms with van der Waals surface area (Å²) in [6.07, 6.45) is 4.64. The molecule has 3 aromatic rings. The average Bonchev–Trinajstić information content (AvgIpc) is 3.37. The van der Waals surface area contributed by atoms with Crippen LogP contribution in [0.4, 0.5) is 11.8 Å². The molecule has 0 bridgehead atoms. The Labute approximate surface area is 198 Å². The van der Waals surface area contributed by atoms with Gasteiger partial charge in [-0.05, 0) is 55.2 Å². The van der Waals surface area contributed by atoms with Gasteiger partial charge >= 0.3 is 0 Å². The molecule has 0 saturated heterocycles. The van der Waals surface area contributed by atoms with E-state index in [4.69, 9.17) is 9.97 Å². The fraction of sp³-hybridized carbons (Fsp3) is 0.440. The number of anilines is 2. The lowest BCUT2D eigenvalue weighted by atomic mass is 9.86.